The molecule has 5 rings (SSSR count). The highest BCUT2D eigenvalue weighted by Crippen LogP contribution is 2.21. The predicted octanol–water partition coefficient (Wildman–Crippen LogP) is 0.741. The first-order chi connectivity index (χ1) is 22.6. The number of aromatic amines is 3. The summed E-state index contributed by atoms with van der Waals surface area (Å²) in [6, 6.07) is 9.45. The van der Waals surface area contributed by atoms with Crippen molar-refractivity contribution in [2.45, 2.75) is 49.9 Å². The number of aliphatic carboxylic acids is 2. The topological polar surface area (TPSA) is 248 Å². The summed E-state index contributed by atoms with van der Waals surface area (Å²) in [6.07, 6.45) is 5.31. The number of hydrogen-bond acceptors (Lipinski definition) is 7. The van der Waals surface area contributed by atoms with E-state index in [4.69, 9.17) is 5.73 Å². The fraction of sp³-hybridized carbons (Fsp3) is 0.250. The molecule has 0 saturated carbocycles. The molecule has 0 aliphatic heterocycles. The first kappa shape index (κ1) is 32.4. The zero-order valence-electron chi connectivity index (χ0n) is 25.0. The summed E-state index contributed by atoms with van der Waals surface area (Å²) in [6.45, 7) is 0. The van der Waals surface area contributed by atoms with Gasteiger partial charge in [0.2, 0.25) is 17.7 Å². The first-order valence-electron chi connectivity index (χ1n) is 14.8. The van der Waals surface area contributed by atoms with Crippen LogP contribution in [0.5, 0.6) is 0 Å². The number of nitrogens with two attached hydrogens (primary N) is 1. The van der Waals surface area contributed by atoms with Crippen molar-refractivity contribution < 1.29 is 34.2 Å². The average Bonchev–Trinajstić information content (AvgIpc) is 3.81. The summed E-state index contributed by atoms with van der Waals surface area (Å²) in [5, 5.41) is 28.3. The number of imidazole rings is 1. The summed E-state index contributed by atoms with van der Waals surface area (Å²) < 4.78 is 0. The Morgan fingerprint density at radius 3 is 1.83 bits per heavy atom. The van der Waals surface area contributed by atoms with Gasteiger partial charge in [-0.05, 0) is 29.7 Å². The van der Waals surface area contributed by atoms with Crippen molar-refractivity contribution in [1.82, 2.24) is 35.9 Å². The fourth-order valence-corrected chi connectivity index (χ4v) is 5.38. The van der Waals surface area contributed by atoms with Crippen LogP contribution in [0, 0.1) is 0 Å². The zero-order chi connectivity index (χ0) is 33.5. The molecule has 15 heteroatoms. The third-order valence-electron chi connectivity index (χ3n) is 7.79. The van der Waals surface area contributed by atoms with Crippen LogP contribution in [-0.2, 0) is 43.2 Å². The van der Waals surface area contributed by atoms with Crippen LogP contribution in [0.3, 0.4) is 0 Å². The van der Waals surface area contributed by atoms with Crippen molar-refractivity contribution in [1.29, 1.82) is 0 Å². The predicted molar refractivity (Wildman–Crippen MR) is 170 cm³/mol. The lowest BCUT2D eigenvalue weighted by molar-refractivity contribution is -0.143. The Bertz CT molecular complexity index is 1900. The van der Waals surface area contributed by atoms with Crippen molar-refractivity contribution in [3.05, 3.63) is 90.3 Å². The second-order valence-electron chi connectivity index (χ2n) is 11.1. The monoisotopic (exact) mass is 642 g/mol. The van der Waals surface area contributed by atoms with E-state index >= 15 is 0 Å². The van der Waals surface area contributed by atoms with E-state index in [2.05, 4.69) is 35.9 Å². The minimum Gasteiger partial charge on any atom is -0.481 e. The van der Waals surface area contributed by atoms with Gasteiger partial charge in [-0.25, -0.2) is 9.78 Å². The fourth-order valence-electron chi connectivity index (χ4n) is 5.38. The molecular formula is C32H34N8O7. The van der Waals surface area contributed by atoms with Gasteiger partial charge >= 0.3 is 11.9 Å². The van der Waals surface area contributed by atoms with E-state index < -0.39 is 60.2 Å². The molecule has 5 aromatic rings. The molecule has 4 unspecified atom stereocenters. The van der Waals surface area contributed by atoms with E-state index in [0.717, 1.165) is 27.4 Å². The number of carbonyl (C=O) groups is 5. The minimum absolute atomic E-state index is 0.0274. The Morgan fingerprint density at radius 2 is 1.26 bits per heavy atom. The number of nitrogens with zero attached hydrogens (tertiary/aromatic N) is 1. The van der Waals surface area contributed by atoms with Gasteiger partial charge in [-0.2, -0.15) is 0 Å². The number of nitrogens with one attached hydrogen (secondary N) is 6. The molecule has 0 aliphatic carbocycles. The van der Waals surface area contributed by atoms with Gasteiger partial charge in [-0.3, -0.25) is 19.2 Å². The van der Waals surface area contributed by atoms with Gasteiger partial charge in [0.25, 0.3) is 0 Å². The normalized spacial score (nSPS) is 13.8. The maximum absolute atomic E-state index is 13.7. The molecule has 0 saturated heterocycles. The van der Waals surface area contributed by atoms with E-state index in [1.165, 1.54) is 12.5 Å². The molecule has 3 amide bonds. The van der Waals surface area contributed by atoms with Crippen molar-refractivity contribution in [3.63, 3.8) is 0 Å². The quantitative estimate of drug-likeness (QED) is 0.0780. The summed E-state index contributed by atoms with van der Waals surface area (Å²) >= 11 is 0. The Kier molecular flexibility index (Phi) is 9.96. The first-order valence-corrected chi connectivity index (χ1v) is 14.8. The van der Waals surface area contributed by atoms with Crippen molar-refractivity contribution in [3.8, 4) is 0 Å². The van der Waals surface area contributed by atoms with Gasteiger partial charge in [-0.1, -0.05) is 36.4 Å². The van der Waals surface area contributed by atoms with Crippen LogP contribution < -0.4 is 21.7 Å². The summed E-state index contributed by atoms with van der Waals surface area (Å²) in [5.74, 6) is -5.31. The number of fused-ring (bicyclic) bond motifs is 2. The average molecular weight is 643 g/mol. The number of hydrogen-bond donors (Lipinski definition) is 9. The highest BCUT2D eigenvalue weighted by atomic mass is 16.4. The number of H-pyrrole nitrogens is 3. The standard InChI is InChI=1S/C32H34N8O7/c33-22(9-17-13-35-23-7-3-1-5-20(17)23)29(43)38-25(10-18-14-36-24-8-4-2-6-21(18)24)30(44)39-26(12-28(41)42)31(45)40-27(32(46)47)11-19-15-34-16-37-19/h1-8,13-16,22,25-27,35-36H,9-12,33H2,(H,34,37)(H,38,43)(H,39,44)(H,40,45)(H,41,42)(H,46,47). The third-order valence-corrected chi connectivity index (χ3v) is 7.79. The zero-order valence-corrected chi connectivity index (χ0v) is 25.0. The van der Waals surface area contributed by atoms with Crippen molar-refractivity contribution in [2.24, 2.45) is 5.73 Å². The lowest BCUT2D eigenvalue weighted by Crippen LogP contribution is -2.58. The number of para-hydroxylation sites is 2. The van der Waals surface area contributed by atoms with E-state index in [0.29, 0.717) is 11.3 Å². The molecule has 2 aromatic carbocycles. The molecule has 10 N–H and O–H groups in total. The number of rotatable bonds is 15. The van der Waals surface area contributed by atoms with Crippen molar-refractivity contribution in [2.75, 3.05) is 0 Å². The molecule has 0 aliphatic rings. The van der Waals surface area contributed by atoms with Gasteiger partial charge in [0.1, 0.15) is 18.1 Å². The largest absolute Gasteiger partial charge is 0.481 e. The van der Waals surface area contributed by atoms with Crippen molar-refractivity contribution >= 4 is 51.5 Å². The Balaban J connectivity index is 1.35. The highest BCUT2D eigenvalue weighted by Gasteiger charge is 2.32. The number of carboxylic acids is 2. The third kappa shape index (κ3) is 8.01. The molecule has 47 heavy (non-hydrogen) atoms. The number of aromatic nitrogens is 4. The molecule has 15 nitrogen and oxygen atoms in total. The minimum atomic E-state index is -1.66. The number of amides is 3. The van der Waals surface area contributed by atoms with Gasteiger partial charge in [0, 0.05) is 58.9 Å². The van der Waals surface area contributed by atoms with Crippen LogP contribution in [0.2, 0.25) is 0 Å². The molecule has 0 radical (unpaired) electrons. The summed E-state index contributed by atoms with van der Waals surface area (Å²) in [4.78, 5) is 76.7. The van der Waals surface area contributed by atoms with E-state index in [-0.39, 0.29) is 19.3 Å². The number of benzene rings is 2. The Labute approximate surface area is 267 Å². The summed E-state index contributed by atoms with van der Waals surface area (Å²) in [7, 11) is 0. The van der Waals surface area contributed by atoms with Crippen LogP contribution in [0.1, 0.15) is 23.2 Å². The lowest BCUT2D eigenvalue weighted by atomic mass is 10.0. The van der Waals surface area contributed by atoms with Gasteiger partial charge in [0.05, 0.1) is 18.8 Å². The number of carbonyl (C=O) groups excluding carboxylic acids is 3. The molecule has 3 heterocycles. The van der Waals surface area contributed by atoms with Crippen LogP contribution in [-0.4, -0.2) is 84.0 Å². The highest BCUT2D eigenvalue weighted by molar-refractivity contribution is 5.96. The van der Waals surface area contributed by atoms with Gasteiger partial charge in [-0.15, -0.1) is 0 Å². The summed E-state index contributed by atoms with van der Waals surface area (Å²) in [5.41, 5.74) is 9.87. The van der Waals surface area contributed by atoms with Crippen LogP contribution in [0.25, 0.3) is 21.8 Å². The van der Waals surface area contributed by atoms with Gasteiger partial charge < -0.3 is 46.8 Å². The molecular weight excluding hydrogens is 608 g/mol. The van der Waals surface area contributed by atoms with E-state index in [9.17, 15) is 34.2 Å². The van der Waals surface area contributed by atoms with E-state index in [1.807, 2.05) is 48.5 Å². The Morgan fingerprint density at radius 1 is 0.702 bits per heavy atom. The van der Waals surface area contributed by atoms with Crippen LogP contribution >= 0.6 is 0 Å². The molecule has 0 fully saturated rings. The maximum Gasteiger partial charge on any atom is 0.326 e. The van der Waals surface area contributed by atoms with Crippen LogP contribution in [0.4, 0.5) is 0 Å². The second kappa shape index (κ2) is 14.4. The molecule has 244 valence electrons. The second-order valence-corrected chi connectivity index (χ2v) is 11.1. The SMILES string of the molecule is NC(Cc1c[nH]c2ccccc12)C(=O)NC(Cc1c[nH]c2ccccc12)C(=O)NC(CC(=O)O)C(=O)NC(Cc1cnc[nH]1)C(=O)O. The van der Waals surface area contributed by atoms with E-state index in [1.54, 1.807) is 12.4 Å². The van der Waals surface area contributed by atoms with Crippen LogP contribution in [0.15, 0.2) is 73.4 Å². The van der Waals surface area contributed by atoms with Gasteiger partial charge in [0.15, 0.2) is 0 Å². The lowest BCUT2D eigenvalue weighted by Gasteiger charge is -2.24. The maximum atomic E-state index is 13.7. The number of carboxylic acid groups (broad SMARTS) is 2. The molecule has 4 atom stereocenters. The molecule has 0 spiro atoms. The molecule has 3 aromatic heterocycles. The smallest absolute Gasteiger partial charge is 0.326 e. The Hall–Kier alpha value is -5.96. The molecule has 0 bridgehead atoms.